The molecule has 1 heterocycles. The third-order valence-electron chi connectivity index (χ3n) is 3.01. The highest BCUT2D eigenvalue weighted by atomic mass is 32.2. The Labute approximate surface area is 127 Å². The minimum atomic E-state index is -3.64. The predicted octanol–water partition coefficient (Wildman–Crippen LogP) is 1.88. The fourth-order valence-corrected chi connectivity index (χ4v) is 3.88. The van der Waals surface area contributed by atoms with Crippen LogP contribution in [0.25, 0.3) is 0 Å². The molecule has 0 bridgehead atoms. The monoisotopic (exact) mass is 314 g/mol. The number of sulfonamides is 1. The van der Waals surface area contributed by atoms with E-state index in [1.54, 1.807) is 12.3 Å². The Hall–Kier alpha value is -1.18. The Balaban J connectivity index is 3.11. The fourth-order valence-electron chi connectivity index (χ4n) is 2.01. The molecular formula is C14H26N4O2S. The van der Waals surface area contributed by atoms with Crippen LogP contribution >= 0.6 is 0 Å². The second kappa shape index (κ2) is 7.20. The van der Waals surface area contributed by atoms with E-state index in [-0.39, 0.29) is 11.6 Å². The first kappa shape index (κ1) is 17.9. The Morgan fingerprint density at radius 1 is 1.48 bits per heavy atom. The number of nitrogens with one attached hydrogen (secondary N) is 2. The van der Waals surface area contributed by atoms with Crippen LogP contribution in [0.15, 0.2) is 23.9 Å². The van der Waals surface area contributed by atoms with Crippen LogP contribution < -0.4 is 5.32 Å². The fraction of sp³-hybridized carbons (Fsp3) is 0.643. The van der Waals surface area contributed by atoms with Crippen LogP contribution in [0.2, 0.25) is 0 Å². The van der Waals surface area contributed by atoms with Gasteiger partial charge in [0.05, 0.1) is 6.20 Å². The van der Waals surface area contributed by atoms with Crippen LogP contribution in [-0.2, 0) is 16.6 Å². The van der Waals surface area contributed by atoms with Gasteiger partial charge in [0.2, 0.25) is 0 Å². The SMILES string of the molecule is C=CCN(C(C)(C)C)S(=O)(=O)c1[nH]ncc1CNCCC. The molecule has 7 heteroatoms. The van der Waals surface area contributed by atoms with E-state index < -0.39 is 15.6 Å². The van der Waals surface area contributed by atoms with E-state index in [0.717, 1.165) is 13.0 Å². The van der Waals surface area contributed by atoms with Gasteiger partial charge < -0.3 is 5.32 Å². The standard InChI is InChI=1S/C14H26N4O2S/c1-6-8-15-10-12-11-16-17-13(12)21(19,20)18(9-7-2)14(3,4)5/h7,11,15H,2,6,8-10H2,1,3-5H3,(H,16,17). The summed E-state index contributed by atoms with van der Waals surface area (Å²) in [5, 5.41) is 9.88. The average molecular weight is 314 g/mol. The molecule has 0 amide bonds. The highest BCUT2D eigenvalue weighted by Gasteiger charge is 2.35. The van der Waals surface area contributed by atoms with E-state index >= 15 is 0 Å². The van der Waals surface area contributed by atoms with Crippen molar-refractivity contribution in [2.24, 2.45) is 0 Å². The largest absolute Gasteiger partial charge is 0.313 e. The van der Waals surface area contributed by atoms with Crippen LogP contribution in [0, 0.1) is 0 Å². The van der Waals surface area contributed by atoms with E-state index in [2.05, 4.69) is 29.0 Å². The molecule has 21 heavy (non-hydrogen) atoms. The number of aromatic nitrogens is 2. The summed E-state index contributed by atoms with van der Waals surface area (Å²) in [6.07, 6.45) is 4.14. The molecule has 1 aromatic heterocycles. The number of hydrogen-bond acceptors (Lipinski definition) is 4. The first-order valence-corrected chi connectivity index (χ1v) is 8.55. The van der Waals surface area contributed by atoms with Gasteiger partial charge in [-0.15, -0.1) is 6.58 Å². The highest BCUT2D eigenvalue weighted by Crippen LogP contribution is 2.25. The normalized spacial score (nSPS) is 12.8. The Morgan fingerprint density at radius 3 is 2.67 bits per heavy atom. The molecular weight excluding hydrogens is 288 g/mol. The van der Waals surface area contributed by atoms with Gasteiger partial charge in [0, 0.05) is 24.2 Å². The molecule has 0 saturated heterocycles. The molecule has 0 unspecified atom stereocenters. The molecule has 0 aliphatic carbocycles. The molecule has 0 atom stereocenters. The molecule has 0 radical (unpaired) electrons. The third kappa shape index (κ3) is 4.39. The predicted molar refractivity (Wildman–Crippen MR) is 84.4 cm³/mol. The van der Waals surface area contributed by atoms with Crippen LogP contribution in [0.4, 0.5) is 0 Å². The lowest BCUT2D eigenvalue weighted by atomic mass is 10.1. The van der Waals surface area contributed by atoms with Crippen LogP contribution in [0.3, 0.4) is 0 Å². The zero-order valence-electron chi connectivity index (χ0n) is 13.3. The average Bonchev–Trinajstić information content (AvgIpc) is 2.84. The van der Waals surface area contributed by atoms with Crippen molar-refractivity contribution in [3.63, 3.8) is 0 Å². The van der Waals surface area contributed by atoms with E-state index in [0.29, 0.717) is 12.1 Å². The van der Waals surface area contributed by atoms with Gasteiger partial charge in [0.15, 0.2) is 5.03 Å². The van der Waals surface area contributed by atoms with Gasteiger partial charge >= 0.3 is 0 Å². The molecule has 0 aliphatic heterocycles. The molecule has 1 aromatic rings. The number of H-pyrrole nitrogens is 1. The van der Waals surface area contributed by atoms with Crippen molar-refractivity contribution in [2.75, 3.05) is 13.1 Å². The summed E-state index contributed by atoms with van der Waals surface area (Å²) in [7, 11) is -3.64. The summed E-state index contributed by atoms with van der Waals surface area (Å²) in [5.74, 6) is 0. The van der Waals surface area contributed by atoms with Crippen LogP contribution in [0.5, 0.6) is 0 Å². The Kier molecular flexibility index (Phi) is 6.12. The van der Waals surface area contributed by atoms with Crippen molar-refractivity contribution in [1.82, 2.24) is 19.8 Å². The van der Waals surface area contributed by atoms with Crippen molar-refractivity contribution < 1.29 is 8.42 Å². The lowest BCUT2D eigenvalue weighted by Gasteiger charge is -2.33. The van der Waals surface area contributed by atoms with Crippen LogP contribution in [-0.4, -0.2) is 41.5 Å². The summed E-state index contributed by atoms with van der Waals surface area (Å²) in [4.78, 5) is 0. The Morgan fingerprint density at radius 2 is 2.14 bits per heavy atom. The molecule has 0 saturated carbocycles. The zero-order valence-corrected chi connectivity index (χ0v) is 14.1. The number of hydrogen-bond donors (Lipinski definition) is 2. The summed E-state index contributed by atoms with van der Waals surface area (Å²) < 4.78 is 27.1. The molecule has 0 fully saturated rings. The molecule has 0 aromatic carbocycles. The van der Waals surface area contributed by atoms with E-state index in [9.17, 15) is 8.42 Å². The minimum Gasteiger partial charge on any atom is -0.313 e. The van der Waals surface area contributed by atoms with Gasteiger partial charge in [-0.25, -0.2) is 8.42 Å². The lowest BCUT2D eigenvalue weighted by Crippen LogP contribution is -2.46. The first-order chi connectivity index (χ1) is 9.75. The van der Waals surface area contributed by atoms with Crippen molar-refractivity contribution in [1.29, 1.82) is 0 Å². The maximum absolute atomic E-state index is 12.9. The maximum atomic E-state index is 12.9. The van der Waals surface area contributed by atoms with Crippen molar-refractivity contribution in [3.05, 3.63) is 24.4 Å². The van der Waals surface area contributed by atoms with Gasteiger partial charge in [-0.1, -0.05) is 13.0 Å². The van der Waals surface area contributed by atoms with Gasteiger partial charge in [-0.3, -0.25) is 5.10 Å². The summed E-state index contributed by atoms with van der Waals surface area (Å²) in [6, 6.07) is 0. The molecule has 0 spiro atoms. The molecule has 0 aliphatic rings. The van der Waals surface area contributed by atoms with Crippen molar-refractivity contribution in [2.45, 2.75) is 51.2 Å². The van der Waals surface area contributed by atoms with Gasteiger partial charge in [-0.05, 0) is 33.7 Å². The van der Waals surface area contributed by atoms with Crippen molar-refractivity contribution >= 4 is 10.0 Å². The highest BCUT2D eigenvalue weighted by molar-refractivity contribution is 7.89. The Bertz CT molecular complexity index is 558. The molecule has 1 rings (SSSR count). The number of nitrogens with zero attached hydrogens (tertiary/aromatic N) is 2. The van der Waals surface area contributed by atoms with Crippen molar-refractivity contribution in [3.8, 4) is 0 Å². The van der Waals surface area contributed by atoms with Gasteiger partial charge in [0.25, 0.3) is 10.0 Å². The zero-order chi connectivity index (χ0) is 16.1. The van der Waals surface area contributed by atoms with Crippen LogP contribution in [0.1, 0.15) is 39.7 Å². The van der Waals surface area contributed by atoms with E-state index in [4.69, 9.17) is 0 Å². The topological polar surface area (TPSA) is 78.1 Å². The summed E-state index contributed by atoms with van der Waals surface area (Å²) in [5.41, 5.74) is 0.119. The molecule has 2 N–H and O–H groups in total. The quantitative estimate of drug-likeness (QED) is 0.567. The maximum Gasteiger partial charge on any atom is 0.261 e. The third-order valence-corrected chi connectivity index (χ3v) is 5.16. The van der Waals surface area contributed by atoms with E-state index in [1.807, 2.05) is 20.8 Å². The first-order valence-electron chi connectivity index (χ1n) is 7.11. The summed E-state index contributed by atoms with van der Waals surface area (Å²) >= 11 is 0. The minimum absolute atomic E-state index is 0.155. The number of rotatable bonds is 8. The van der Waals surface area contributed by atoms with E-state index in [1.165, 1.54) is 4.31 Å². The second-order valence-electron chi connectivity index (χ2n) is 5.90. The smallest absolute Gasteiger partial charge is 0.261 e. The second-order valence-corrected chi connectivity index (χ2v) is 7.70. The van der Waals surface area contributed by atoms with Gasteiger partial charge in [0.1, 0.15) is 0 Å². The molecule has 120 valence electrons. The summed E-state index contributed by atoms with van der Waals surface area (Å²) in [6.45, 7) is 12.9. The lowest BCUT2D eigenvalue weighted by molar-refractivity contribution is 0.269. The van der Waals surface area contributed by atoms with Gasteiger partial charge in [-0.2, -0.15) is 9.40 Å². The molecule has 6 nitrogen and oxygen atoms in total. The number of aromatic amines is 1.